The highest BCUT2D eigenvalue weighted by Crippen LogP contribution is 2.41. The van der Waals surface area contributed by atoms with E-state index in [1.54, 1.807) is 0 Å². The molecule has 0 spiro atoms. The molecule has 3 nitrogen and oxygen atoms in total. The number of nitrogens with one attached hydrogen (secondary N) is 1. The highest BCUT2D eigenvalue weighted by molar-refractivity contribution is 7.21. The number of nitrogens with zero attached hydrogens (tertiary/aromatic N) is 1. The van der Waals surface area contributed by atoms with Crippen molar-refractivity contribution in [2.45, 2.75) is 31.1 Å². The Bertz CT molecular complexity index is 1200. The molecule has 2 aromatic heterocycles. The SMILES string of the molecule is O=C(NCC1(c2ccccc2)CCCC1)c1cc2c(Cl)nc3ccccc3c2s1. The van der Waals surface area contributed by atoms with Gasteiger partial charge in [0.2, 0.25) is 0 Å². The summed E-state index contributed by atoms with van der Waals surface area (Å²) < 4.78 is 1.02. The zero-order chi connectivity index (χ0) is 19.8. The predicted octanol–water partition coefficient (Wildman–Crippen LogP) is 6.34. The fraction of sp³-hybridized carbons (Fsp3) is 0.250. The molecule has 0 aliphatic heterocycles. The van der Waals surface area contributed by atoms with Crippen LogP contribution in [0.1, 0.15) is 40.9 Å². The molecule has 146 valence electrons. The number of aromatic nitrogens is 1. The molecule has 0 saturated heterocycles. The summed E-state index contributed by atoms with van der Waals surface area (Å²) in [7, 11) is 0. The van der Waals surface area contributed by atoms with Gasteiger partial charge in [-0.2, -0.15) is 0 Å². The first-order valence-corrected chi connectivity index (χ1v) is 11.2. The van der Waals surface area contributed by atoms with Gasteiger partial charge in [0, 0.05) is 27.4 Å². The molecule has 2 heterocycles. The Kier molecular flexibility index (Phi) is 4.76. The highest BCUT2D eigenvalue weighted by Gasteiger charge is 2.35. The number of thiophene rings is 1. The van der Waals surface area contributed by atoms with E-state index in [1.165, 1.54) is 29.7 Å². The molecular weight excluding hydrogens is 400 g/mol. The molecule has 1 aliphatic rings. The van der Waals surface area contributed by atoms with Gasteiger partial charge in [-0.1, -0.05) is 73.0 Å². The van der Waals surface area contributed by atoms with Crippen molar-refractivity contribution in [2.75, 3.05) is 6.54 Å². The Hall–Kier alpha value is -2.43. The van der Waals surface area contributed by atoms with E-state index in [0.29, 0.717) is 16.6 Å². The van der Waals surface area contributed by atoms with Crippen LogP contribution in [0.2, 0.25) is 5.15 Å². The molecule has 1 fully saturated rings. The number of hydrogen-bond acceptors (Lipinski definition) is 3. The van der Waals surface area contributed by atoms with Crippen molar-refractivity contribution in [3.05, 3.63) is 76.3 Å². The van der Waals surface area contributed by atoms with Crippen molar-refractivity contribution in [1.82, 2.24) is 10.3 Å². The lowest BCUT2D eigenvalue weighted by Crippen LogP contribution is -2.38. The number of rotatable bonds is 4. The molecular formula is C24H21ClN2OS. The fourth-order valence-electron chi connectivity index (χ4n) is 4.53. The molecule has 0 atom stereocenters. The van der Waals surface area contributed by atoms with Gasteiger partial charge in [0.25, 0.3) is 5.91 Å². The number of benzene rings is 2. The summed E-state index contributed by atoms with van der Waals surface area (Å²) in [6, 6.07) is 20.4. The number of carbonyl (C=O) groups is 1. The largest absolute Gasteiger partial charge is 0.350 e. The Labute approximate surface area is 178 Å². The quantitative estimate of drug-likeness (QED) is 0.391. The van der Waals surface area contributed by atoms with E-state index in [-0.39, 0.29) is 11.3 Å². The van der Waals surface area contributed by atoms with Gasteiger partial charge in [0.1, 0.15) is 5.15 Å². The number of fused-ring (bicyclic) bond motifs is 3. The first-order valence-electron chi connectivity index (χ1n) is 9.98. The van der Waals surface area contributed by atoms with Crippen LogP contribution >= 0.6 is 22.9 Å². The molecule has 5 rings (SSSR count). The van der Waals surface area contributed by atoms with Crippen molar-refractivity contribution in [3.63, 3.8) is 0 Å². The van der Waals surface area contributed by atoms with Crippen LogP contribution in [-0.4, -0.2) is 17.4 Å². The molecule has 1 aliphatic carbocycles. The predicted molar refractivity (Wildman–Crippen MR) is 121 cm³/mol. The van der Waals surface area contributed by atoms with E-state index < -0.39 is 0 Å². The van der Waals surface area contributed by atoms with Crippen LogP contribution in [0.15, 0.2) is 60.7 Å². The summed E-state index contributed by atoms with van der Waals surface area (Å²) in [5.41, 5.74) is 2.22. The summed E-state index contributed by atoms with van der Waals surface area (Å²) in [4.78, 5) is 18.2. The topological polar surface area (TPSA) is 42.0 Å². The van der Waals surface area contributed by atoms with E-state index in [9.17, 15) is 4.79 Å². The Morgan fingerprint density at radius 1 is 1.03 bits per heavy atom. The van der Waals surface area contributed by atoms with Crippen molar-refractivity contribution in [1.29, 1.82) is 0 Å². The molecule has 1 saturated carbocycles. The third-order valence-corrected chi connectivity index (χ3v) is 7.53. The lowest BCUT2D eigenvalue weighted by Gasteiger charge is -2.30. The number of carbonyl (C=O) groups excluding carboxylic acids is 1. The van der Waals surface area contributed by atoms with Gasteiger partial charge < -0.3 is 5.32 Å². The minimum atomic E-state index is -0.0337. The number of halogens is 1. The molecule has 2 aromatic carbocycles. The smallest absolute Gasteiger partial charge is 0.261 e. The normalized spacial score (nSPS) is 15.8. The number of pyridine rings is 1. The van der Waals surface area contributed by atoms with E-state index in [4.69, 9.17) is 11.6 Å². The first-order chi connectivity index (χ1) is 14.2. The lowest BCUT2D eigenvalue weighted by molar-refractivity contribution is 0.0947. The average Bonchev–Trinajstić information content (AvgIpc) is 3.42. The zero-order valence-electron chi connectivity index (χ0n) is 16.0. The van der Waals surface area contributed by atoms with Crippen LogP contribution in [0.25, 0.3) is 21.0 Å². The molecule has 0 radical (unpaired) electrons. The number of hydrogen-bond donors (Lipinski definition) is 1. The maximum atomic E-state index is 13.0. The van der Waals surface area contributed by atoms with Crippen LogP contribution in [0.4, 0.5) is 0 Å². The molecule has 29 heavy (non-hydrogen) atoms. The van der Waals surface area contributed by atoms with E-state index in [2.05, 4.69) is 34.6 Å². The van der Waals surface area contributed by atoms with Gasteiger partial charge in [-0.15, -0.1) is 11.3 Å². The summed E-state index contributed by atoms with van der Waals surface area (Å²) >= 11 is 7.89. The van der Waals surface area contributed by atoms with Gasteiger partial charge in [-0.25, -0.2) is 4.98 Å². The summed E-state index contributed by atoms with van der Waals surface area (Å²) in [5.74, 6) is -0.0337. The second-order valence-corrected chi connectivity index (χ2v) is 9.22. The summed E-state index contributed by atoms with van der Waals surface area (Å²) in [6.07, 6.45) is 4.65. The fourth-order valence-corrected chi connectivity index (χ4v) is 5.94. The van der Waals surface area contributed by atoms with E-state index in [0.717, 1.165) is 33.8 Å². The average molecular weight is 421 g/mol. The molecule has 1 amide bonds. The van der Waals surface area contributed by atoms with E-state index in [1.807, 2.05) is 36.4 Å². The Morgan fingerprint density at radius 3 is 2.55 bits per heavy atom. The summed E-state index contributed by atoms with van der Waals surface area (Å²) in [5, 5.41) is 5.55. The maximum absolute atomic E-state index is 13.0. The van der Waals surface area contributed by atoms with Crippen LogP contribution in [0.3, 0.4) is 0 Å². The molecule has 5 heteroatoms. The maximum Gasteiger partial charge on any atom is 0.261 e. The standard InChI is InChI=1S/C24H21ClN2OS/c25-22-18-14-20(29-21(18)17-10-4-5-11-19(17)27-22)23(28)26-15-24(12-6-7-13-24)16-8-2-1-3-9-16/h1-5,8-11,14H,6-7,12-13,15H2,(H,26,28). The van der Waals surface area contributed by atoms with Crippen LogP contribution < -0.4 is 5.32 Å². The van der Waals surface area contributed by atoms with Gasteiger partial charge in [0.05, 0.1) is 10.4 Å². The Balaban J connectivity index is 1.44. The lowest BCUT2D eigenvalue weighted by atomic mass is 9.79. The van der Waals surface area contributed by atoms with Crippen molar-refractivity contribution in [3.8, 4) is 0 Å². The highest BCUT2D eigenvalue weighted by atomic mass is 35.5. The van der Waals surface area contributed by atoms with Crippen LogP contribution in [-0.2, 0) is 5.41 Å². The number of amides is 1. The zero-order valence-corrected chi connectivity index (χ0v) is 17.5. The summed E-state index contributed by atoms with van der Waals surface area (Å²) in [6.45, 7) is 0.664. The van der Waals surface area contributed by atoms with Gasteiger partial charge in [-0.3, -0.25) is 4.79 Å². The van der Waals surface area contributed by atoms with Crippen molar-refractivity contribution in [2.24, 2.45) is 0 Å². The molecule has 1 N–H and O–H groups in total. The van der Waals surface area contributed by atoms with Crippen LogP contribution in [0, 0.1) is 0 Å². The third-order valence-electron chi connectivity index (χ3n) is 6.08. The third kappa shape index (κ3) is 3.30. The minimum Gasteiger partial charge on any atom is -0.350 e. The molecule has 0 bridgehead atoms. The monoisotopic (exact) mass is 420 g/mol. The van der Waals surface area contributed by atoms with Crippen LogP contribution in [0.5, 0.6) is 0 Å². The van der Waals surface area contributed by atoms with Crippen molar-refractivity contribution >= 4 is 49.8 Å². The van der Waals surface area contributed by atoms with Crippen molar-refractivity contribution < 1.29 is 4.79 Å². The first kappa shape index (κ1) is 18.6. The van der Waals surface area contributed by atoms with Gasteiger partial charge in [0.15, 0.2) is 0 Å². The minimum absolute atomic E-state index is 0.0337. The molecule has 4 aromatic rings. The Morgan fingerprint density at radius 2 is 1.76 bits per heavy atom. The van der Waals surface area contributed by atoms with Gasteiger partial charge in [-0.05, 0) is 30.5 Å². The van der Waals surface area contributed by atoms with E-state index >= 15 is 0 Å². The van der Waals surface area contributed by atoms with Gasteiger partial charge >= 0.3 is 0 Å². The molecule has 0 unspecified atom stereocenters. The second-order valence-electron chi connectivity index (χ2n) is 7.81. The second kappa shape index (κ2) is 7.43. The number of para-hydroxylation sites is 1.